The lowest BCUT2D eigenvalue weighted by molar-refractivity contribution is 0.669. The summed E-state index contributed by atoms with van der Waals surface area (Å²) in [6.45, 7) is 0. The maximum atomic E-state index is 6.41. The molecule has 10 aromatic carbocycles. The lowest BCUT2D eigenvalue weighted by atomic mass is 9.93. The third-order valence-corrected chi connectivity index (χ3v) is 12.5. The number of anilines is 6. The summed E-state index contributed by atoms with van der Waals surface area (Å²) in [4.78, 5) is 4.67. The Balaban J connectivity index is 1.02. The molecule has 0 saturated heterocycles. The fourth-order valence-electron chi connectivity index (χ4n) is 9.32. The zero-order valence-corrected chi connectivity index (χ0v) is 34.4. The van der Waals surface area contributed by atoms with E-state index in [1.54, 1.807) is 0 Å². The molecule has 63 heavy (non-hydrogen) atoms. The predicted octanol–water partition coefficient (Wildman–Crippen LogP) is 17.2. The van der Waals surface area contributed by atoms with Crippen LogP contribution in [0.15, 0.2) is 247 Å². The molecular weight excluding hydrogens is 765 g/mol. The number of furan rings is 1. The molecule has 1 aromatic heterocycles. The monoisotopic (exact) mass is 804 g/mol. The second-order valence-electron chi connectivity index (χ2n) is 16.1. The molecule has 11 aromatic rings. The van der Waals surface area contributed by atoms with Crippen LogP contribution in [-0.2, 0) is 0 Å². The largest absolute Gasteiger partial charge is 0.456 e. The lowest BCUT2D eigenvalue weighted by Crippen LogP contribution is -2.10. The van der Waals surface area contributed by atoms with E-state index < -0.39 is 0 Å². The number of rotatable bonds is 3. The van der Waals surface area contributed by atoms with Crippen molar-refractivity contribution in [2.75, 3.05) is 9.80 Å². The topological polar surface area (TPSA) is 19.6 Å². The quantitative estimate of drug-likeness (QED) is 0.177. The average molecular weight is 805 g/mol. The van der Waals surface area contributed by atoms with Crippen molar-refractivity contribution in [2.24, 2.45) is 0 Å². The molecule has 0 aliphatic carbocycles. The standard InChI is InChI=1S/C60H40N2O/c1-2-10-41(11-3-1)42-18-28-47(29-19-42)61-48-30-20-43(21-31-48)53-12-4-6-14-55(53)45-24-34-50(35-25-45)62(52-38-39-58-57-16-8-9-17-59(57)63-60(58)40-52)51-36-26-46(27-37-51)56-15-7-5-13-54(56)44-22-32-49(61)33-23-44/h1-40H. The Morgan fingerprint density at radius 2 is 0.540 bits per heavy atom. The van der Waals surface area contributed by atoms with Gasteiger partial charge < -0.3 is 14.2 Å². The first-order chi connectivity index (χ1) is 31.2. The van der Waals surface area contributed by atoms with Gasteiger partial charge >= 0.3 is 0 Å². The molecule has 8 bridgehead atoms. The predicted molar refractivity (Wildman–Crippen MR) is 264 cm³/mol. The summed E-state index contributed by atoms with van der Waals surface area (Å²) in [6, 6.07) is 87.6. The van der Waals surface area contributed by atoms with Gasteiger partial charge in [-0.15, -0.1) is 0 Å². The molecule has 0 saturated carbocycles. The smallest absolute Gasteiger partial charge is 0.137 e. The van der Waals surface area contributed by atoms with Gasteiger partial charge in [0.2, 0.25) is 0 Å². The van der Waals surface area contributed by atoms with Crippen LogP contribution in [0.4, 0.5) is 34.1 Å². The van der Waals surface area contributed by atoms with Gasteiger partial charge in [0.15, 0.2) is 0 Å². The molecule has 0 fully saturated rings. The molecule has 0 spiro atoms. The Bertz CT molecular complexity index is 3270. The number of benzene rings is 10. The third kappa shape index (κ3) is 6.55. The summed E-state index contributed by atoms with van der Waals surface area (Å²) in [5.41, 5.74) is 19.9. The maximum absolute atomic E-state index is 6.41. The molecule has 0 unspecified atom stereocenters. The molecule has 0 N–H and O–H groups in total. The molecule has 7 aliphatic rings. The van der Waals surface area contributed by atoms with Crippen molar-refractivity contribution in [2.45, 2.75) is 0 Å². The molecule has 18 rings (SSSR count). The van der Waals surface area contributed by atoms with Crippen molar-refractivity contribution in [3.8, 4) is 55.6 Å². The zero-order chi connectivity index (χ0) is 41.7. The number of hydrogen-bond donors (Lipinski definition) is 0. The molecule has 0 radical (unpaired) electrons. The fourth-order valence-corrected chi connectivity index (χ4v) is 9.32. The van der Waals surface area contributed by atoms with Crippen LogP contribution in [0.5, 0.6) is 0 Å². The summed E-state index contributed by atoms with van der Waals surface area (Å²) < 4.78 is 6.41. The molecule has 296 valence electrons. The Kier molecular flexibility index (Phi) is 8.83. The van der Waals surface area contributed by atoms with Gasteiger partial charge in [0.25, 0.3) is 0 Å². The molecule has 7 aliphatic heterocycles. The normalized spacial score (nSPS) is 12.1. The van der Waals surface area contributed by atoms with E-state index in [1.807, 2.05) is 12.1 Å². The van der Waals surface area contributed by atoms with Gasteiger partial charge in [-0.1, -0.05) is 158 Å². The SMILES string of the molecule is c1ccc(-c2ccc(N3c4ccc(cc4)-c4ccccc4-c4ccc(cc4)N(c4ccc5c(c4)oc4ccccc45)c4ccc(cc4)-c4ccccc4-c4ccc3cc4)cc2)cc1. The van der Waals surface area contributed by atoms with E-state index in [0.717, 1.165) is 78.3 Å². The third-order valence-electron chi connectivity index (χ3n) is 12.5. The first kappa shape index (κ1) is 36.5. The Morgan fingerprint density at radius 3 is 0.984 bits per heavy atom. The van der Waals surface area contributed by atoms with Gasteiger partial charge in [0, 0.05) is 51.0 Å². The minimum absolute atomic E-state index is 0.865. The van der Waals surface area contributed by atoms with Gasteiger partial charge in [-0.25, -0.2) is 0 Å². The van der Waals surface area contributed by atoms with Crippen molar-refractivity contribution < 1.29 is 4.42 Å². The summed E-state index contributed by atoms with van der Waals surface area (Å²) in [7, 11) is 0. The van der Waals surface area contributed by atoms with Crippen LogP contribution in [0, 0.1) is 0 Å². The highest BCUT2D eigenvalue weighted by molar-refractivity contribution is 6.06. The molecule has 3 nitrogen and oxygen atoms in total. The molecular formula is C60H40N2O. The Hall–Kier alpha value is -8.40. The summed E-state index contributed by atoms with van der Waals surface area (Å²) in [6.07, 6.45) is 0. The van der Waals surface area contributed by atoms with Gasteiger partial charge in [0.05, 0.1) is 0 Å². The number of para-hydroxylation sites is 1. The highest BCUT2D eigenvalue weighted by atomic mass is 16.3. The van der Waals surface area contributed by atoms with Crippen LogP contribution >= 0.6 is 0 Å². The minimum Gasteiger partial charge on any atom is -0.456 e. The van der Waals surface area contributed by atoms with E-state index in [9.17, 15) is 0 Å². The average Bonchev–Trinajstić information content (AvgIpc) is 3.73. The maximum Gasteiger partial charge on any atom is 0.137 e. The van der Waals surface area contributed by atoms with Crippen molar-refractivity contribution in [3.63, 3.8) is 0 Å². The highest BCUT2D eigenvalue weighted by Gasteiger charge is 2.19. The van der Waals surface area contributed by atoms with Crippen LogP contribution in [0.25, 0.3) is 77.6 Å². The second-order valence-corrected chi connectivity index (χ2v) is 16.1. The first-order valence-electron chi connectivity index (χ1n) is 21.5. The fraction of sp³-hybridized carbons (Fsp3) is 0. The van der Waals surface area contributed by atoms with Crippen molar-refractivity contribution >= 4 is 56.1 Å². The molecule has 0 atom stereocenters. The lowest BCUT2D eigenvalue weighted by Gasteiger charge is -2.27. The van der Waals surface area contributed by atoms with Gasteiger partial charge in [-0.2, -0.15) is 0 Å². The van der Waals surface area contributed by atoms with Crippen molar-refractivity contribution in [3.05, 3.63) is 243 Å². The van der Waals surface area contributed by atoms with Gasteiger partial charge in [0.1, 0.15) is 11.2 Å². The van der Waals surface area contributed by atoms with E-state index in [4.69, 9.17) is 4.42 Å². The Morgan fingerprint density at radius 1 is 0.222 bits per heavy atom. The van der Waals surface area contributed by atoms with E-state index in [0.29, 0.717) is 0 Å². The molecule has 3 heteroatoms. The zero-order valence-electron chi connectivity index (χ0n) is 34.4. The van der Waals surface area contributed by atoms with Crippen LogP contribution in [0.3, 0.4) is 0 Å². The van der Waals surface area contributed by atoms with E-state index in [1.165, 1.54) is 33.4 Å². The van der Waals surface area contributed by atoms with Crippen LogP contribution < -0.4 is 9.80 Å². The first-order valence-corrected chi connectivity index (χ1v) is 21.5. The van der Waals surface area contributed by atoms with Crippen LogP contribution in [0.2, 0.25) is 0 Å². The molecule has 8 heterocycles. The van der Waals surface area contributed by atoms with E-state index in [2.05, 4.69) is 240 Å². The highest BCUT2D eigenvalue weighted by Crippen LogP contribution is 2.43. The second kappa shape index (κ2) is 15.3. The van der Waals surface area contributed by atoms with Crippen LogP contribution in [0.1, 0.15) is 0 Å². The number of hydrogen-bond acceptors (Lipinski definition) is 3. The van der Waals surface area contributed by atoms with Gasteiger partial charge in [-0.05, 0) is 134 Å². The van der Waals surface area contributed by atoms with E-state index >= 15 is 0 Å². The van der Waals surface area contributed by atoms with Gasteiger partial charge in [-0.3, -0.25) is 0 Å². The van der Waals surface area contributed by atoms with Crippen LogP contribution in [-0.4, -0.2) is 0 Å². The number of nitrogens with zero attached hydrogens (tertiary/aromatic N) is 2. The van der Waals surface area contributed by atoms with E-state index in [-0.39, 0.29) is 0 Å². The summed E-state index contributed by atoms with van der Waals surface area (Å²) >= 11 is 0. The minimum atomic E-state index is 0.865. The summed E-state index contributed by atoms with van der Waals surface area (Å²) in [5, 5.41) is 2.23. The van der Waals surface area contributed by atoms with Crippen molar-refractivity contribution in [1.82, 2.24) is 0 Å². The molecule has 0 amide bonds. The van der Waals surface area contributed by atoms with Crippen molar-refractivity contribution in [1.29, 1.82) is 0 Å². The summed E-state index contributed by atoms with van der Waals surface area (Å²) in [5.74, 6) is 0. The Labute approximate surface area is 367 Å². The number of fused-ring (bicyclic) bond motifs is 3.